The van der Waals surface area contributed by atoms with Crippen LogP contribution in [0.15, 0.2) is 53.1 Å². The molecule has 1 aliphatic heterocycles. The van der Waals surface area contributed by atoms with E-state index >= 15 is 0 Å². The van der Waals surface area contributed by atoms with Crippen molar-refractivity contribution in [2.45, 2.75) is 38.0 Å². The molecule has 0 saturated carbocycles. The molecule has 2 aromatic heterocycles. The van der Waals surface area contributed by atoms with E-state index in [1.54, 1.807) is 24.3 Å². The van der Waals surface area contributed by atoms with Gasteiger partial charge in [0, 0.05) is 23.6 Å². The number of hydrogen-bond acceptors (Lipinski definition) is 15. The van der Waals surface area contributed by atoms with Gasteiger partial charge < -0.3 is 36.0 Å². The number of rotatable bonds is 15. The highest BCUT2D eigenvalue weighted by Crippen LogP contribution is 2.33. The first-order valence-corrected chi connectivity index (χ1v) is 16.3. The van der Waals surface area contributed by atoms with Crippen molar-refractivity contribution in [1.29, 1.82) is 0 Å². The molecule has 18 nitrogen and oxygen atoms in total. The largest absolute Gasteiger partial charge is 0.724 e. The van der Waals surface area contributed by atoms with E-state index in [4.69, 9.17) is 21.0 Å². The lowest BCUT2D eigenvalue weighted by atomic mass is 9.84. The van der Waals surface area contributed by atoms with Crippen LogP contribution in [0.25, 0.3) is 11.1 Å². The van der Waals surface area contributed by atoms with Crippen LogP contribution in [0, 0.1) is 0 Å². The highest BCUT2D eigenvalue weighted by Gasteiger charge is 2.57. The van der Waals surface area contributed by atoms with Gasteiger partial charge in [-0.1, -0.05) is 17.3 Å². The Morgan fingerprint density at radius 2 is 1.90 bits per heavy atom. The van der Waals surface area contributed by atoms with E-state index in [0.717, 1.165) is 28.3 Å². The number of aromatic nitrogens is 2. The fourth-order valence-electron chi connectivity index (χ4n) is 4.42. The van der Waals surface area contributed by atoms with E-state index in [0.29, 0.717) is 23.9 Å². The molecule has 1 aromatic carbocycles. The van der Waals surface area contributed by atoms with Gasteiger partial charge >= 0.3 is 5.97 Å². The van der Waals surface area contributed by atoms with Gasteiger partial charge in [0.1, 0.15) is 24.1 Å². The van der Waals surface area contributed by atoms with E-state index < -0.39 is 57.7 Å². The molecule has 7 N–H and O–H groups in total. The number of oxime groups is 1. The molecule has 0 radical (unpaired) electrons. The average Bonchev–Trinajstić information content (AvgIpc) is 3.46. The number of β-lactam (4-membered cyclic amide) rings is 1. The number of carboxylic acid groups (broad SMARTS) is 1. The molecule has 0 spiro atoms. The SMILES string of the molecule is C[n+]1cc(-c2ccc(OCC(C)(O/N=C(\C(=O)NC3C(=O)N(OS(=O)(=O)[O-])C3(C)C)c3csc(N)n3)C(=O)O)cc2)ccc1NCCN. The summed E-state index contributed by atoms with van der Waals surface area (Å²) in [5.74, 6) is -2.33. The Balaban J connectivity index is 1.48. The molecule has 3 heterocycles. The van der Waals surface area contributed by atoms with Gasteiger partial charge in [0.15, 0.2) is 10.8 Å². The molecule has 1 fully saturated rings. The van der Waals surface area contributed by atoms with Gasteiger partial charge in [-0.3, -0.25) is 14.9 Å². The molecule has 0 aliphatic carbocycles. The summed E-state index contributed by atoms with van der Waals surface area (Å²) in [4.78, 5) is 47.5. The first-order valence-electron chi connectivity index (χ1n) is 14.1. The normalized spacial score (nSPS) is 17.2. The number of amides is 2. The maximum Gasteiger partial charge on any atom is 0.354 e. The second kappa shape index (κ2) is 14.1. The number of nitrogen functional groups attached to an aromatic ring is 1. The summed E-state index contributed by atoms with van der Waals surface area (Å²) in [5, 5.41) is 21.1. The lowest BCUT2D eigenvalue weighted by molar-refractivity contribution is -0.656. The predicted octanol–water partition coefficient (Wildman–Crippen LogP) is -0.272. The summed E-state index contributed by atoms with van der Waals surface area (Å²) in [7, 11) is -3.38. The van der Waals surface area contributed by atoms with Crippen LogP contribution in [0.4, 0.5) is 10.9 Å². The molecule has 3 aromatic rings. The number of benzene rings is 1. The zero-order chi connectivity index (χ0) is 35.4. The minimum absolute atomic E-state index is 0.0477. The summed E-state index contributed by atoms with van der Waals surface area (Å²) in [5.41, 5.74) is 8.83. The van der Waals surface area contributed by atoms with E-state index in [2.05, 4.69) is 25.1 Å². The monoisotopic (exact) mass is 706 g/mol. The summed E-state index contributed by atoms with van der Waals surface area (Å²) < 4.78 is 44.9. The lowest BCUT2D eigenvalue weighted by Gasteiger charge is -2.51. The number of carbonyl (C=O) groups excluding carboxylic acids is 2. The molecule has 258 valence electrons. The zero-order valence-corrected chi connectivity index (χ0v) is 27.8. The number of anilines is 2. The summed E-state index contributed by atoms with van der Waals surface area (Å²) in [6.07, 6.45) is 1.94. The van der Waals surface area contributed by atoms with Crippen molar-refractivity contribution in [1.82, 2.24) is 15.4 Å². The second-order valence-corrected chi connectivity index (χ2v) is 13.1. The van der Waals surface area contributed by atoms with Crippen LogP contribution in [-0.2, 0) is 41.0 Å². The molecule has 2 amide bonds. The van der Waals surface area contributed by atoms with E-state index in [1.165, 1.54) is 26.2 Å². The number of hydrogen-bond donors (Lipinski definition) is 5. The summed E-state index contributed by atoms with van der Waals surface area (Å²) in [6.45, 7) is 4.43. The smallest absolute Gasteiger partial charge is 0.354 e. The van der Waals surface area contributed by atoms with Crippen LogP contribution in [0.2, 0.25) is 0 Å². The molecule has 2 unspecified atom stereocenters. The maximum absolute atomic E-state index is 13.3. The fourth-order valence-corrected chi connectivity index (χ4v) is 5.41. The highest BCUT2D eigenvalue weighted by molar-refractivity contribution is 7.80. The van der Waals surface area contributed by atoms with Gasteiger partial charge in [-0.05, 0) is 44.5 Å². The van der Waals surface area contributed by atoms with Crippen molar-refractivity contribution in [2.75, 3.05) is 30.7 Å². The Hall–Kier alpha value is -4.89. The van der Waals surface area contributed by atoms with Crippen molar-refractivity contribution < 1.29 is 50.9 Å². The molecule has 4 rings (SSSR count). The van der Waals surface area contributed by atoms with Crippen molar-refractivity contribution in [2.24, 2.45) is 17.9 Å². The van der Waals surface area contributed by atoms with Crippen LogP contribution in [-0.4, -0.2) is 88.5 Å². The van der Waals surface area contributed by atoms with Crippen LogP contribution in [0.1, 0.15) is 26.5 Å². The molecular formula is C28H34N8O10S2. The van der Waals surface area contributed by atoms with Gasteiger partial charge in [0.25, 0.3) is 23.2 Å². The lowest BCUT2D eigenvalue weighted by Crippen LogP contribution is -2.76. The number of ether oxygens (including phenoxy) is 1. The van der Waals surface area contributed by atoms with Crippen LogP contribution in [0.5, 0.6) is 5.75 Å². The minimum atomic E-state index is -5.27. The van der Waals surface area contributed by atoms with Crippen molar-refractivity contribution in [3.8, 4) is 16.9 Å². The van der Waals surface area contributed by atoms with Crippen molar-refractivity contribution >= 4 is 56.2 Å². The Kier molecular flexibility index (Phi) is 10.5. The average molecular weight is 707 g/mol. The predicted molar refractivity (Wildman–Crippen MR) is 170 cm³/mol. The number of hydroxylamine groups is 2. The van der Waals surface area contributed by atoms with Crippen molar-refractivity contribution in [3.63, 3.8) is 0 Å². The zero-order valence-electron chi connectivity index (χ0n) is 26.2. The van der Waals surface area contributed by atoms with Crippen LogP contribution >= 0.6 is 11.3 Å². The Morgan fingerprint density at radius 1 is 1.23 bits per heavy atom. The second-order valence-electron chi connectivity index (χ2n) is 11.3. The molecular weight excluding hydrogens is 672 g/mol. The highest BCUT2D eigenvalue weighted by atomic mass is 32.3. The summed E-state index contributed by atoms with van der Waals surface area (Å²) in [6, 6.07) is 9.40. The summed E-state index contributed by atoms with van der Waals surface area (Å²) >= 11 is 0.951. The number of pyridine rings is 1. The fraction of sp³-hybridized carbons (Fsp3) is 0.357. The van der Waals surface area contributed by atoms with Crippen LogP contribution < -0.4 is 31.4 Å². The number of nitrogens with one attached hydrogen (secondary N) is 2. The number of aliphatic carboxylic acids is 1. The molecule has 1 aliphatic rings. The van der Waals surface area contributed by atoms with Crippen LogP contribution in [0.3, 0.4) is 0 Å². The van der Waals surface area contributed by atoms with Gasteiger partial charge in [-0.25, -0.2) is 22.8 Å². The molecule has 20 heteroatoms. The Bertz CT molecular complexity index is 1830. The topological polar surface area (TPSA) is 265 Å². The standard InChI is InChI=1S/C28H34N8O10S2/c1-27(2)22(24(38)36(27)46-48(41,42)43)33-23(37)21(19-14-47-26(30)32-19)34-45-28(3,25(39)40)15-44-18-8-5-16(6-9-18)17-7-10-20(31-12-11-29)35(4)13-17/h5-10,13-14,22H,11-12,15,29H2,1-4H3,(H5,30,32,33,37,39,40,41,42,43)/b34-21-. The van der Waals surface area contributed by atoms with Gasteiger partial charge in [-0.15, -0.1) is 11.3 Å². The number of nitrogens with zero attached hydrogens (tertiary/aromatic N) is 4. The first-order chi connectivity index (χ1) is 22.4. The molecule has 1 saturated heterocycles. The Morgan fingerprint density at radius 3 is 2.44 bits per heavy atom. The quantitative estimate of drug-likeness (QED) is 0.0340. The number of carbonyl (C=O) groups is 3. The van der Waals surface area contributed by atoms with Gasteiger partial charge in [-0.2, -0.15) is 9.35 Å². The molecule has 48 heavy (non-hydrogen) atoms. The van der Waals surface area contributed by atoms with Gasteiger partial charge in [0.05, 0.1) is 25.3 Å². The minimum Gasteiger partial charge on any atom is -0.724 e. The van der Waals surface area contributed by atoms with Crippen molar-refractivity contribution in [3.05, 3.63) is 53.7 Å². The molecule has 0 bridgehead atoms. The maximum atomic E-state index is 13.3. The van der Waals surface area contributed by atoms with E-state index in [-0.39, 0.29) is 10.8 Å². The third-order valence-corrected chi connectivity index (χ3v) is 8.18. The van der Waals surface area contributed by atoms with Gasteiger partial charge in [0.2, 0.25) is 10.4 Å². The third kappa shape index (κ3) is 8.15. The number of aryl methyl sites for hydroxylation is 1. The van der Waals surface area contributed by atoms with E-state index in [9.17, 15) is 32.5 Å². The Labute approximate surface area is 279 Å². The number of carboxylic acids is 1. The van der Waals surface area contributed by atoms with E-state index in [1.807, 2.05) is 29.9 Å². The molecule has 2 atom stereocenters. The first kappa shape index (κ1) is 36.0. The third-order valence-electron chi connectivity index (χ3n) is 7.17. The number of thiazole rings is 1. The number of nitrogens with two attached hydrogens (primary N) is 2.